The highest BCUT2D eigenvalue weighted by Gasteiger charge is 2.05. The molecule has 0 amide bonds. The van der Waals surface area contributed by atoms with Crippen LogP contribution in [-0.2, 0) is 0 Å². The number of rotatable bonds is 3. The lowest BCUT2D eigenvalue weighted by Gasteiger charge is -2.09. The summed E-state index contributed by atoms with van der Waals surface area (Å²) in [7, 11) is 5.98. The third-order valence-corrected chi connectivity index (χ3v) is 2.40. The van der Waals surface area contributed by atoms with Gasteiger partial charge in [-0.3, -0.25) is 4.99 Å². The van der Waals surface area contributed by atoms with Gasteiger partial charge in [0.15, 0.2) is 5.96 Å². The molecule has 1 aromatic carbocycles. The van der Waals surface area contributed by atoms with E-state index < -0.39 is 0 Å². The van der Waals surface area contributed by atoms with Crippen LogP contribution in [0.25, 0.3) is 11.0 Å². The number of fused-ring (bicyclic) bond motifs is 1. The number of aromatic nitrogens is 2. The first kappa shape index (κ1) is 11.5. The maximum absolute atomic E-state index is 5.98. The van der Waals surface area contributed by atoms with Gasteiger partial charge in [-0.15, -0.1) is 0 Å². The molecule has 0 saturated heterocycles. The zero-order chi connectivity index (χ0) is 12.3. The highest BCUT2D eigenvalue weighted by molar-refractivity contribution is 6.42. The molecule has 0 unspecified atom stereocenters. The van der Waals surface area contributed by atoms with Crippen LogP contribution in [0.15, 0.2) is 23.5 Å². The number of nitrogens with two attached hydrogens (primary N) is 1. The van der Waals surface area contributed by atoms with Crippen LogP contribution in [0.2, 0.25) is 0 Å². The largest absolute Gasteiger partial charge is 0.370 e. The van der Waals surface area contributed by atoms with Crippen LogP contribution in [0.5, 0.6) is 0 Å². The van der Waals surface area contributed by atoms with Gasteiger partial charge in [0, 0.05) is 12.2 Å². The third kappa shape index (κ3) is 2.41. The Morgan fingerprint density at radius 2 is 2.41 bits per heavy atom. The van der Waals surface area contributed by atoms with Crippen LogP contribution in [-0.4, -0.2) is 30.3 Å². The fourth-order valence-corrected chi connectivity index (χ4v) is 1.55. The maximum atomic E-state index is 5.98. The molecule has 2 aromatic rings. The molecule has 0 bridgehead atoms. The Morgan fingerprint density at radius 3 is 3.18 bits per heavy atom. The molecule has 0 aliphatic carbocycles. The van der Waals surface area contributed by atoms with E-state index in [1.165, 1.54) is 0 Å². The minimum absolute atomic E-state index is 0.369. The number of guanidine groups is 1. The zero-order valence-electron chi connectivity index (χ0n) is 9.70. The van der Waals surface area contributed by atoms with Crippen molar-refractivity contribution in [3.8, 4) is 0 Å². The number of imidazole rings is 1. The fourth-order valence-electron chi connectivity index (χ4n) is 1.55. The molecule has 6 heteroatoms. The van der Waals surface area contributed by atoms with Gasteiger partial charge >= 0.3 is 0 Å². The van der Waals surface area contributed by atoms with Gasteiger partial charge in [-0.1, -0.05) is 6.92 Å². The minimum Gasteiger partial charge on any atom is -0.370 e. The van der Waals surface area contributed by atoms with Crippen molar-refractivity contribution in [1.29, 1.82) is 0 Å². The van der Waals surface area contributed by atoms with Crippen LogP contribution in [0.1, 0.15) is 13.3 Å². The van der Waals surface area contributed by atoms with Crippen molar-refractivity contribution in [2.45, 2.75) is 13.3 Å². The third-order valence-electron chi connectivity index (χ3n) is 2.40. The summed E-state index contributed by atoms with van der Waals surface area (Å²) in [4.78, 5) is 11.3. The molecule has 0 spiro atoms. The second-order valence-corrected chi connectivity index (χ2v) is 3.72. The molecule has 0 fully saturated rings. The Morgan fingerprint density at radius 1 is 1.59 bits per heavy atom. The Hall–Kier alpha value is -1.98. The monoisotopic (exact) mass is 227 g/mol. The molecule has 4 N–H and O–H groups in total. The molecule has 86 valence electrons. The number of hydrogen-bond acceptors (Lipinski definition) is 2. The van der Waals surface area contributed by atoms with E-state index in [0.717, 1.165) is 23.1 Å². The standard InChI is InChI=1S/C11H14BN5/c1-2-5-14-11(13)17-7-3-4-8-10(9(7)12)16-6-15-8/h3-4,6H,2,5H2,1H3,(H,15,16)(H3,13,14,17). The predicted octanol–water partition coefficient (Wildman–Crippen LogP) is 0.493. The van der Waals surface area contributed by atoms with Crippen molar-refractivity contribution in [3.05, 3.63) is 18.5 Å². The molecule has 1 heterocycles. The lowest BCUT2D eigenvalue weighted by Crippen LogP contribution is -2.26. The van der Waals surface area contributed by atoms with Crippen LogP contribution in [0.4, 0.5) is 5.69 Å². The molecule has 2 radical (unpaired) electrons. The Bertz CT molecular complexity index is 546. The number of nitrogens with zero attached hydrogens (tertiary/aromatic N) is 2. The molecule has 17 heavy (non-hydrogen) atoms. The van der Waals surface area contributed by atoms with E-state index in [1.54, 1.807) is 6.33 Å². The quantitative estimate of drug-likeness (QED) is 0.405. The average molecular weight is 227 g/mol. The van der Waals surface area contributed by atoms with E-state index >= 15 is 0 Å². The van der Waals surface area contributed by atoms with E-state index in [-0.39, 0.29) is 0 Å². The van der Waals surface area contributed by atoms with Crippen molar-refractivity contribution < 1.29 is 0 Å². The van der Waals surface area contributed by atoms with E-state index in [0.29, 0.717) is 18.0 Å². The lowest BCUT2D eigenvalue weighted by atomic mass is 9.92. The number of anilines is 1. The van der Waals surface area contributed by atoms with Gasteiger partial charge in [0.05, 0.1) is 17.4 Å². The first-order chi connectivity index (χ1) is 8.22. The summed E-state index contributed by atoms with van der Waals surface area (Å²) < 4.78 is 0. The van der Waals surface area contributed by atoms with E-state index in [9.17, 15) is 0 Å². The summed E-state index contributed by atoms with van der Waals surface area (Å²) in [5.41, 5.74) is 8.66. The fraction of sp³-hybridized carbons (Fsp3) is 0.273. The lowest BCUT2D eigenvalue weighted by molar-refractivity contribution is 0.929. The van der Waals surface area contributed by atoms with Crippen molar-refractivity contribution in [3.63, 3.8) is 0 Å². The number of H-pyrrole nitrogens is 1. The summed E-state index contributed by atoms with van der Waals surface area (Å²) in [6, 6.07) is 3.75. The van der Waals surface area contributed by atoms with Crippen molar-refractivity contribution in [2.24, 2.45) is 10.7 Å². The number of aliphatic imine (C=N–C) groups is 1. The molecule has 0 aliphatic heterocycles. The molecule has 0 saturated carbocycles. The number of nitrogens with one attached hydrogen (secondary N) is 2. The first-order valence-electron chi connectivity index (χ1n) is 5.51. The van der Waals surface area contributed by atoms with Gasteiger partial charge in [0.25, 0.3) is 0 Å². The van der Waals surface area contributed by atoms with Gasteiger partial charge in [-0.2, -0.15) is 0 Å². The Labute approximate surface area is 101 Å². The SMILES string of the molecule is [B]c1c(NC(N)=NCCC)ccc2[nH]cnc12. The van der Waals surface area contributed by atoms with Gasteiger partial charge in [0.2, 0.25) is 0 Å². The van der Waals surface area contributed by atoms with Gasteiger partial charge < -0.3 is 16.0 Å². The van der Waals surface area contributed by atoms with Crippen molar-refractivity contribution >= 4 is 36.0 Å². The van der Waals surface area contributed by atoms with Crippen molar-refractivity contribution in [2.75, 3.05) is 11.9 Å². The zero-order valence-corrected chi connectivity index (χ0v) is 9.70. The summed E-state index contributed by atoms with van der Waals surface area (Å²) in [5.74, 6) is 0.369. The highest BCUT2D eigenvalue weighted by atomic mass is 15.1. The summed E-state index contributed by atoms with van der Waals surface area (Å²) in [6.45, 7) is 2.74. The molecular weight excluding hydrogens is 213 g/mol. The second-order valence-electron chi connectivity index (χ2n) is 3.72. The van der Waals surface area contributed by atoms with E-state index in [4.69, 9.17) is 13.6 Å². The smallest absolute Gasteiger partial charge is 0.193 e. The van der Waals surface area contributed by atoms with Crippen LogP contribution >= 0.6 is 0 Å². The van der Waals surface area contributed by atoms with Crippen molar-refractivity contribution in [1.82, 2.24) is 9.97 Å². The minimum atomic E-state index is 0.369. The summed E-state index contributed by atoms with van der Waals surface area (Å²) >= 11 is 0. The highest BCUT2D eigenvalue weighted by Crippen LogP contribution is 2.11. The van der Waals surface area contributed by atoms with Crippen LogP contribution < -0.4 is 16.5 Å². The molecule has 1 aromatic heterocycles. The first-order valence-corrected chi connectivity index (χ1v) is 5.51. The second kappa shape index (κ2) is 4.90. The average Bonchev–Trinajstić information content (AvgIpc) is 2.79. The predicted molar refractivity (Wildman–Crippen MR) is 71.9 cm³/mol. The summed E-state index contributed by atoms with van der Waals surface area (Å²) in [5, 5.41) is 2.98. The maximum Gasteiger partial charge on any atom is 0.193 e. The molecular formula is C11H14BN5. The van der Waals surface area contributed by atoms with Gasteiger partial charge in [-0.05, 0) is 24.0 Å². The van der Waals surface area contributed by atoms with Gasteiger partial charge in [0.1, 0.15) is 7.85 Å². The molecule has 2 rings (SSSR count). The topological polar surface area (TPSA) is 79.1 Å². The number of hydrogen-bond donors (Lipinski definition) is 3. The molecule has 5 nitrogen and oxygen atoms in total. The molecule has 0 aliphatic rings. The van der Waals surface area contributed by atoms with E-state index in [2.05, 4.69) is 20.3 Å². The van der Waals surface area contributed by atoms with Crippen LogP contribution in [0.3, 0.4) is 0 Å². The Kier molecular flexibility index (Phi) is 3.32. The number of aromatic amines is 1. The Balaban J connectivity index is 2.27. The van der Waals surface area contributed by atoms with E-state index in [1.807, 2.05) is 19.1 Å². The van der Waals surface area contributed by atoms with Crippen LogP contribution in [0, 0.1) is 0 Å². The molecule has 0 atom stereocenters. The summed E-state index contributed by atoms with van der Waals surface area (Å²) in [6.07, 6.45) is 2.57. The van der Waals surface area contributed by atoms with Gasteiger partial charge in [-0.25, -0.2) is 4.98 Å². The number of benzene rings is 1. The normalized spacial score (nSPS) is 11.9.